The lowest BCUT2D eigenvalue weighted by atomic mass is 10.1. The first kappa shape index (κ1) is 15.2. The van der Waals surface area contributed by atoms with Crippen LogP contribution in [0.5, 0.6) is 5.75 Å². The lowest BCUT2D eigenvalue weighted by molar-refractivity contribution is 0.238. The van der Waals surface area contributed by atoms with Gasteiger partial charge in [-0.25, -0.2) is 13.8 Å². The zero-order valence-electron chi connectivity index (χ0n) is 11.8. The van der Waals surface area contributed by atoms with Crippen LogP contribution in [0.3, 0.4) is 0 Å². The van der Waals surface area contributed by atoms with Crippen molar-refractivity contribution in [1.82, 2.24) is 4.98 Å². The van der Waals surface area contributed by atoms with Gasteiger partial charge < -0.3 is 10.5 Å². The normalized spacial score (nSPS) is 15.6. The van der Waals surface area contributed by atoms with Gasteiger partial charge in [0.1, 0.15) is 22.5 Å². The molecule has 116 valence electrons. The number of aromatic nitrogens is 1. The highest BCUT2D eigenvalue weighted by molar-refractivity contribution is 6.32. The molecule has 1 aliphatic rings. The minimum Gasteiger partial charge on any atom is -0.491 e. The molecule has 1 fully saturated rings. The summed E-state index contributed by atoms with van der Waals surface area (Å²) in [5.41, 5.74) is 6.11. The number of pyridine rings is 1. The molecule has 0 unspecified atom stereocenters. The van der Waals surface area contributed by atoms with E-state index in [1.165, 1.54) is 6.20 Å². The van der Waals surface area contributed by atoms with Crippen molar-refractivity contribution in [2.75, 3.05) is 13.2 Å². The van der Waals surface area contributed by atoms with Gasteiger partial charge in [-0.1, -0.05) is 11.6 Å². The first-order chi connectivity index (χ1) is 10.5. The van der Waals surface area contributed by atoms with Gasteiger partial charge in [-0.05, 0) is 37.1 Å². The Morgan fingerprint density at radius 1 is 1.23 bits per heavy atom. The molecule has 0 saturated heterocycles. The minimum absolute atomic E-state index is 0.0455. The summed E-state index contributed by atoms with van der Waals surface area (Å²) in [4.78, 5) is 3.99. The van der Waals surface area contributed by atoms with Crippen LogP contribution in [0.25, 0.3) is 11.1 Å². The zero-order valence-corrected chi connectivity index (χ0v) is 12.5. The number of hydrogen-bond acceptors (Lipinski definition) is 3. The van der Waals surface area contributed by atoms with Crippen molar-refractivity contribution in [2.24, 2.45) is 11.1 Å². The SMILES string of the molecule is NCC1(COc2cnc(Cl)c(-c3cc(F)ccc3F)c2)CC1. The second-order valence-electron chi connectivity index (χ2n) is 5.63. The van der Waals surface area contributed by atoms with Gasteiger partial charge in [-0.2, -0.15) is 0 Å². The van der Waals surface area contributed by atoms with Crippen molar-refractivity contribution in [3.8, 4) is 16.9 Å². The Hall–Kier alpha value is -1.72. The van der Waals surface area contributed by atoms with Crippen LogP contribution in [-0.2, 0) is 0 Å². The summed E-state index contributed by atoms with van der Waals surface area (Å²) in [6.07, 6.45) is 3.54. The van der Waals surface area contributed by atoms with Crippen molar-refractivity contribution in [3.63, 3.8) is 0 Å². The lowest BCUT2D eigenvalue weighted by Crippen LogP contribution is -2.22. The number of halogens is 3. The van der Waals surface area contributed by atoms with Gasteiger partial charge in [-0.15, -0.1) is 0 Å². The van der Waals surface area contributed by atoms with Gasteiger partial charge in [0.15, 0.2) is 0 Å². The maximum atomic E-state index is 13.9. The lowest BCUT2D eigenvalue weighted by Gasteiger charge is -2.14. The Morgan fingerprint density at radius 3 is 2.68 bits per heavy atom. The predicted molar refractivity (Wildman–Crippen MR) is 80.8 cm³/mol. The molecular formula is C16H15ClF2N2O. The molecule has 0 spiro atoms. The Kier molecular flexibility index (Phi) is 4.02. The standard InChI is InChI=1S/C16H15ClF2N2O/c17-15-13(12-5-10(18)1-2-14(12)19)6-11(7-21-15)22-9-16(8-20)3-4-16/h1-2,5-7H,3-4,8-9,20H2. The summed E-state index contributed by atoms with van der Waals surface area (Å²) in [6, 6.07) is 4.77. The van der Waals surface area contributed by atoms with Crippen LogP contribution in [0.1, 0.15) is 12.8 Å². The third kappa shape index (κ3) is 3.05. The number of nitrogens with zero attached hydrogens (tertiary/aromatic N) is 1. The van der Waals surface area contributed by atoms with Crippen LogP contribution in [-0.4, -0.2) is 18.1 Å². The van der Waals surface area contributed by atoms with Crippen LogP contribution in [0.15, 0.2) is 30.5 Å². The highest BCUT2D eigenvalue weighted by atomic mass is 35.5. The summed E-state index contributed by atoms with van der Waals surface area (Å²) in [6.45, 7) is 1.05. The average molecular weight is 325 g/mol. The number of rotatable bonds is 5. The highest BCUT2D eigenvalue weighted by Crippen LogP contribution is 2.44. The molecule has 2 aromatic rings. The Labute approximate surface area is 132 Å². The number of ether oxygens (including phenoxy) is 1. The van der Waals surface area contributed by atoms with Crippen LogP contribution in [0.2, 0.25) is 5.15 Å². The van der Waals surface area contributed by atoms with Crippen molar-refractivity contribution in [3.05, 3.63) is 47.2 Å². The molecule has 0 aliphatic heterocycles. The zero-order chi connectivity index (χ0) is 15.7. The topological polar surface area (TPSA) is 48.1 Å². The molecule has 0 amide bonds. The molecule has 3 rings (SSSR count). The summed E-state index contributed by atoms with van der Waals surface area (Å²) < 4.78 is 32.9. The van der Waals surface area contributed by atoms with Gasteiger partial charge in [0.2, 0.25) is 0 Å². The third-order valence-electron chi connectivity index (χ3n) is 3.97. The first-order valence-electron chi connectivity index (χ1n) is 6.97. The second kappa shape index (κ2) is 5.82. The Morgan fingerprint density at radius 2 is 2.00 bits per heavy atom. The van der Waals surface area contributed by atoms with Gasteiger partial charge >= 0.3 is 0 Å². The minimum atomic E-state index is -0.567. The third-order valence-corrected chi connectivity index (χ3v) is 4.27. The van der Waals surface area contributed by atoms with E-state index in [-0.39, 0.29) is 16.1 Å². The van der Waals surface area contributed by atoms with E-state index in [1.807, 2.05) is 0 Å². The van der Waals surface area contributed by atoms with E-state index in [4.69, 9.17) is 22.1 Å². The fourth-order valence-electron chi connectivity index (χ4n) is 2.22. The Bertz CT molecular complexity index is 705. The van der Waals surface area contributed by atoms with E-state index in [2.05, 4.69) is 4.98 Å². The molecule has 1 aromatic heterocycles. The second-order valence-corrected chi connectivity index (χ2v) is 5.98. The van der Waals surface area contributed by atoms with Crippen LogP contribution < -0.4 is 10.5 Å². The quantitative estimate of drug-likeness (QED) is 0.851. The molecule has 22 heavy (non-hydrogen) atoms. The number of hydrogen-bond donors (Lipinski definition) is 1. The molecule has 0 bridgehead atoms. The molecule has 1 saturated carbocycles. The molecule has 1 aliphatic carbocycles. The van der Waals surface area contributed by atoms with Gasteiger partial charge in [0.25, 0.3) is 0 Å². The van der Waals surface area contributed by atoms with Gasteiger partial charge in [0.05, 0.1) is 12.8 Å². The largest absolute Gasteiger partial charge is 0.491 e. The molecule has 2 N–H and O–H groups in total. The molecular weight excluding hydrogens is 310 g/mol. The van der Waals surface area contributed by atoms with Crippen LogP contribution in [0.4, 0.5) is 8.78 Å². The highest BCUT2D eigenvalue weighted by Gasteiger charge is 2.42. The summed E-state index contributed by atoms with van der Waals surface area (Å²) >= 11 is 6.01. The molecule has 1 aromatic carbocycles. The number of benzene rings is 1. The van der Waals surface area contributed by atoms with Crippen molar-refractivity contribution in [2.45, 2.75) is 12.8 Å². The Balaban J connectivity index is 1.88. The van der Waals surface area contributed by atoms with E-state index >= 15 is 0 Å². The fraction of sp³-hybridized carbons (Fsp3) is 0.312. The molecule has 0 atom stereocenters. The predicted octanol–water partition coefficient (Wildman–Crippen LogP) is 3.80. The van der Waals surface area contributed by atoms with Crippen molar-refractivity contribution >= 4 is 11.6 Å². The maximum Gasteiger partial charge on any atom is 0.138 e. The first-order valence-corrected chi connectivity index (χ1v) is 7.35. The van der Waals surface area contributed by atoms with Gasteiger partial charge in [-0.3, -0.25) is 0 Å². The van der Waals surface area contributed by atoms with E-state index in [9.17, 15) is 8.78 Å². The number of nitrogens with two attached hydrogens (primary N) is 1. The molecule has 1 heterocycles. The average Bonchev–Trinajstić information content (AvgIpc) is 3.30. The van der Waals surface area contributed by atoms with E-state index in [0.29, 0.717) is 24.5 Å². The summed E-state index contributed by atoms with van der Waals surface area (Å²) in [5.74, 6) is -0.649. The van der Waals surface area contributed by atoms with E-state index in [0.717, 1.165) is 31.0 Å². The van der Waals surface area contributed by atoms with Crippen LogP contribution in [0, 0.1) is 17.0 Å². The van der Waals surface area contributed by atoms with E-state index < -0.39 is 11.6 Å². The van der Waals surface area contributed by atoms with Crippen molar-refractivity contribution < 1.29 is 13.5 Å². The molecule has 0 radical (unpaired) electrons. The summed E-state index contributed by atoms with van der Waals surface area (Å²) in [7, 11) is 0. The monoisotopic (exact) mass is 324 g/mol. The molecule has 3 nitrogen and oxygen atoms in total. The smallest absolute Gasteiger partial charge is 0.138 e. The fourth-order valence-corrected chi connectivity index (χ4v) is 2.43. The maximum absolute atomic E-state index is 13.9. The van der Waals surface area contributed by atoms with Gasteiger partial charge in [0, 0.05) is 23.1 Å². The van der Waals surface area contributed by atoms with Crippen LogP contribution >= 0.6 is 11.6 Å². The van der Waals surface area contributed by atoms with Crippen molar-refractivity contribution in [1.29, 1.82) is 0 Å². The molecule has 6 heteroatoms. The van der Waals surface area contributed by atoms with E-state index in [1.54, 1.807) is 6.07 Å². The summed E-state index contributed by atoms with van der Waals surface area (Å²) in [5, 5.41) is 0.0943.